The number of ether oxygens (including phenoxy) is 1. The highest BCUT2D eigenvalue weighted by molar-refractivity contribution is 5.69. The van der Waals surface area contributed by atoms with Gasteiger partial charge in [0.25, 0.3) is 0 Å². The minimum absolute atomic E-state index is 0.245. The Labute approximate surface area is 53.0 Å². The summed E-state index contributed by atoms with van der Waals surface area (Å²) in [5.41, 5.74) is 8.50. The van der Waals surface area contributed by atoms with Gasteiger partial charge < -0.3 is 16.2 Å². The van der Waals surface area contributed by atoms with E-state index in [-0.39, 0.29) is 5.97 Å². The first kappa shape index (κ1) is 10.7. The van der Waals surface area contributed by atoms with Gasteiger partial charge in [-0.1, -0.05) is 0 Å². The van der Waals surface area contributed by atoms with Gasteiger partial charge in [-0.3, -0.25) is 4.79 Å². The number of hydrogen-bond donors (Lipinski definition) is 2. The van der Waals surface area contributed by atoms with Crippen LogP contribution in [0, 0.1) is 0 Å². The molecule has 0 bridgehead atoms. The number of urea groups is 1. The second-order valence-corrected chi connectivity index (χ2v) is 1.10. The Morgan fingerprint density at radius 2 is 1.44 bits per heavy atom. The third kappa shape index (κ3) is 277. The first-order chi connectivity index (χ1) is 4.00. The van der Waals surface area contributed by atoms with Crippen LogP contribution in [0.4, 0.5) is 4.79 Å². The molecule has 9 heavy (non-hydrogen) atoms. The quantitative estimate of drug-likeness (QED) is 0.424. The molecule has 0 fully saturated rings. The molecule has 2 amide bonds. The second-order valence-electron chi connectivity index (χ2n) is 1.10. The van der Waals surface area contributed by atoms with Crippen LogP contribution in [-0.2, 0) is 9.53 Å². The van der Waals surface area contributed by atoms with Gasteiger partial charge in [-0.05, 0) is 0 Å². The van der Waals surface area contributed by atoms with Gasteiger partial charge in [-0.15, -0.1) is 0 Å². The van der Waals surface area contributed by atoms with Crippen LogP contribution in [0.1, 0.15) is 6.92 Å². The number of rotatable bonds is 0. The standard InChI is InChI=1S/C3H6O2.CH4N2O/c1-3(4)5-2;2-1(3)4/h1-2H3;(H4,2,3,4). The lowest BCUT2D eigenvalue weighted by atomic mass is 10.8. The Kier molecular flexibility index (Phi) is 7.99. The molecule has 0 aromatic carbocycles. The molecule has 0 heterocycles. The third-order valence-corrected chi connectivity index (χ3v) is 0.287. The molecular weight excluding hydrogens is 124 g/mol. The molecule has 54 valence electrons. The minimum Gasteiger partial charge on any atom is -0.469 e. The fourth-order valence-electron chi connectivity index (χ4n) is 0. The van der Waals surface area contributed by atoms with Crippen molar-refractivity contribution >= 4 is 12.0 Å². The largest absolute Gasteiger partial charge is 0.469 e. The van der Waals surface area contributed by atoms with Gasteiger partial charge in [0.1, 0.15) is 0 Å². The van der Waals surface area contributed by atoms with Crippen molar-refractivity contribution in [2.24, 2.45) is 11.5 Å². The smallest absolute Gasteiger partial charge is 0.309 e. The third-order valence-electron chi connectivity index (χ3n) is 0.287. The van der Waals surface area contributed by atoms with E-state index in [1.165, 1.54) is 14.0 Å². The van der Waals surface area contributed by atoms with Gasteiger partial charge >= 0.3 is 12.0 Å². The van der Waals surface area contributed by atoms with Gasteiger partial charge in [-0.25, -0.2) is 4.79 Å². The van der Waals surface area contributed by atoms with E-state index in [2.05, 4.69) is 16.2 Å². The van der Waals surface area contributed by atoms with Crippen LogP contribution in [0.3, 0.4) is 0 Å². The summed E-state index contributed by atoms with van der Waals surface area (Å²) in [6, 6.07) is -0.833. The van der Waals surface area contributed by atoms with E-state index in [0.29, 0.717) is 0 Å². The predicted octanol–water partition coefficient (Wildman–Crippen LogP) is -0.797. The normalized spacial score (nSPS) is 6.44. The summed E-state index contributed by atoms with van der Waals surface area (Å²) in [6.07, 6.45) is 0. The molecule has 0 aliphatic carbocycles. The van der Waals surface area contributed by atoms with Crippen molar-refractivity contribution in [1.29, 1.82) is 0 Å². The van der Waals surface area contributed by atoms with Crippen molar-refractivity contribution in [1.82, 2.24) is 0 Å². The number of nitrogens with two attached hydrogens (primary N) is 2. The van der Waals surface area contributed by atoms with Crippen molar-refractivity contribution in [3.63, 3.8) is 0 Å². The number of carbonyl (C=O) groups excluding carboxylic acids is 2. The predicted molar refractivity (Wildman–Crippen MR) is 31.5 cm³/mol. The molecule has 5 heteroatoms. The van der Waals surface area contributed by atoms with E-state index in [9.17, 15) is 4.79 Å². The van der Waals surface area contributed by atoms with E-state index in [4.69, 9.17) is 4.79 Å². The summed E-state index contributed by atoms with van der Waals surface area (Å²) < 4.78 is 4.11. The van der Waals surface area contributed by atoms with Crippen LogP contribution in [0.25, 0.3) is 0 Å². The summed E-state index contributed by atoms with van der Waals surface area (Å²) >= 11 is 0. The lowest BCUT2D eigenvalue weighted by Gasteiger charge is -1.80. The van der Waals surface area contributed by atoms with Crippen molar-refractivity contribution in [2.75, 3.05) is 7.11 Å². The molecule has 0 aromatic heterocycles. The Morgan fingerprint density at radius 3 is 1.44 bits per heavy atom. The topological polar surface area (TPSA) is 95.4 Å². The minimum atomic E-state index is -0.833. The van der Waals surface area contributed by atoms with Crippen molar-refractivity contribution in [3.05, 3.63) is 0 Å². The summed E-state index contributed by atoms with van der Waals surface area (Å²) in [6.45, 7) is 1.36. The van der Waals surface area contributed by atoms with Crippen LogP contribution in [0.2, 0.25) is 0 Å². The first-order valence-corrected chi connectivity index (χ1v) is 2.10. The van der Waals surface area contributed by atoms with Crippen LogP contribution in [0.15, 0.2) is 0 Å². The fraction of sp³-hybridized carbons (Fsp3) is 0.500. The Balaban J connectivity index is 0. The average Bonchev–Trinajstić information content (AvgIpc) is 1.65. The number of esters is 1. The van der Waals surface area contributed by atoms with Gasteiger partial charge in [0, 0.05) is 6.92 Å². The second kappa shape index (κ2) is 6.74. The number of primary amides is 2. The molecule has 0 rings (SSSR count). The first-order valence-electron chi connectivity index (χ1n) is 2.10. The summed E-state index contributed by atoms with van der Waals surface area (Å²) in [4.78, 5) is 18.6. The zero-order valence-electron chi connectivity index (χ0n) is 5.38. The van der Waals surface area contributed by atoms with E-state index >= 15 is 0 Å². The van der Waals surface area contributed by atoms with Gasteiger partial charge in [0.05, 0.1) is 7.11 Å². The van der Waals surface area contributed by atoms with Crippen molar-refractivity contribution < 1.29 is 14.3 Å². The molecule has 0 radical (unpaired) electrons. The molecule has 0 atom stereocenters. The molecule has 0 spiro atoms. The molecule has 5 nitrogen and oxygen atoms in total. The van der Waals surface area contributed by atoms with E-state index in [0.717, 1.165) is 0 Å². The van der Waals surface area contributed by atoms with E-state index in [1.54, 1.807) is 0 Å². The number of hydrogen-bond acceptors (Lipinski definition) is 3. The fourth-order valence-corrected chi connectivity index (χ4v) is 0. The van der Waals surface area contributed by atoms with Crippen LogP contribution >= 0.6 is 0 Å². The average molecular weight is 134 g/mol. The highest BCUT2D eigenvalue weighted by Gasteiger charge is 1.75. The highest BCUT2D eigenvalue weighted by Crippen LogP contribution is 1.60. The van der Waals surface area contributed by atoms with E-state index in [1.807, 2.05) is 0 Å². The number of methoxy groups -OCH3 is 1. The van der Waals surface area contributed by atoms with Crippen LogP contribution < -0.4 is 11.5 Å². The molecule has 0 aliphatic heterocycles. The van der Waals surface area contributed by atoms with E-state index < -0.39 is 6.03 Å². The van der Waals surface area contributed by atoms with Gasteiger partial charge in [-0.2, -0.15) is 0 Å². The summed E-state index contributed by atoms with van der Waals surface area (Å²) in [5, 5.41) is 0. The zero-order valence-corrected chi connectivity index (χ0v) is 5.38. The van der Waals surface area contributed by atoms with Crippen molar-refractivity contribution in [2.45, 2.75) is 6.92 Å². The van der Waals surface area contributed by atoms with Gasteiger partial charge in [0.15, 0.2) is 0 Å². The molecular formula is C4H10N2O3. The molecule has 0 saturated carbocycles. The molecule has 0 aromatic rings. The highest BCUT2D eigenvalue weighted by atomic mass is 16.5. The molecule has 4 N–H and O–H groups in total. The van der Waals surface area contributed by atoms with Crippen LogP contribution in [-0.4, -0.2) is 19.1 Å². The summed E-state index contributed by atoms with van der Waals surface area (Å²) in [7, 11) is 1.35. The monoisotopic (exact) mass is 134 g/mol. The Bertz CT molecular complexity index is 98.0. The molecule has 0 unspecified atom stereocenters. The Morgan fingerprint density at radius 1 is 1.33 bits per heavy atom. The molecule has 0 saturated heterocycles. The number of amides is 2. The van der Waals surface area contributed by atoms with Gasteiger partial charge in [0.2, 0.25) is 0 Å². The number of carbonyl (C=O) groups is 2. The molecule has 0 aliphatic rings. The Hall–Kier alpha value is -1.26. The van der Waals surface area contributed by atoms with Crippen molar-refractivity contribution in [3.8, 4) is 0 Å². The summed E-state index contributed by atoms with van der Waals surface area (Å²) in [5.74, 6) is -0.245. The zero-order chi connectivity index (χ0) is 7.86. The maximum absolute atomic E-state index is 9.59. The lowest BCUT2D eigenvalue weighted by Crippen LogP contribution is -2.18. The SMILES string of the molecule is COC(C)=O.NC(N)=O. The van der Waals surface area contributed by atoms with Crippen LogP contribution in [0.5, 0.6) is 0 Å². The maximum Gasteiger partial charge on any atom is 0.309 e. The lowest BCUT2D eigenvalue weighted by molar-refractivity contribution is -0.137. The maximum atomic E-state index is 9.59.